The van der Waals surface area contributed by atoms with Crippen LogP contribution in [-0.2, 0) is 10.0 Å². The summed E-state index contributed by atoms with van der Waals surface area (Å²) in [7, 11) is -3.38. The van der Waals surface area contributed by atoms with Gasteiger partial charge in [-0.25, -0.2) is 8.42 Å². The zero-order valence-electron chi connectivity index (χ0n) is 13.9. The van der Waals surface area contributed by atoms with E-state index >= 15 is 0 Å². The van der Waals surface area contributed by atoms with Crippen molar-refractivity contribution in [3.8, 4) is 0 Å². The number of aliphatic hydroxyl groups is 1. The molecule has 1 atom stereocenters. The number of hydrogen-bond donors (Lipinski definition) is 3. The van der Waals surface area contributed by atoms with Crippen LogP contribution in [-0.4, -0.2) is 36.6 Å². The van der Waals surface area contributed by atoms with Crippen LogP contribution in [0.4, 0.5) is 5.69 Å². The fraction of sp³-hybridized carbons (Fsp3) is 0.278. The highest BCUT2D eigenvalue weighted by Gasteiger charge is 2.20. The number of rotatable bonds is 7. The summed E-state index contributed by atoms with van der Waals surface area (Å²) in [5, 5.41) is 17.5. The second-order valence-electron chi connectivity index (χ2n) is 6.04. The van der Waals surface area contributed by atoms with Gasteiger partial charge >= 0.3 is 0 Å². The van der Waals surface area contributed by atoms with Crippen molar-refractivity contribution >= 4 is 26.6 Å². The summed E-state index contributed by atoms with van der Waals surface area (Å²) in [6, 6.07) is 15.5. The first-order valence-electron chi connectivity index (χ1n) is 8.10. The summed E-state index contributed by atoms with van der Waals surface area (Å²) in [4.78, 5) is 0. The summed E-state index contributed by atoms with van der Waals surface area (Å²) in [5.74, 6) is 0.0480. The van der Waals surface area contributed by atoms with Crippen molar-refractivity contribution in [2.75, 3.05) is 17.6 Å². The van der Waals surface area contributed by atoms with Crippen molar-refractivity contribution in [1.29, 1.82) is 0 Å². The molecule has 0 aliphatic carbocycles. The lowest BCUT2D eigenvalue weighted by Gasteiger charge is -2.16. The van der Waals surface area contributed by atoms with Crippen molar-refractivity contribution in [2.45, 2.75) is 18.8 Å². The molecule has 3 aromatic rings. The molecule has 25 heavy (non-hydrogen) atoms. The number of H-pyrrole nitrogens is 1. The molecule has 1 aromatic heterocycles. The van der Waals surface area contributed by atoms with Crippen LogP contribution in [0.2, 0.25) is 0 Å². The first-order chi connectivity index (χ1) is 12.0. The third-order valence-electron chi connectivity index (χ3n) is 4.11. The highest BCUT2D eigenvalue weighted by Crippen LogP contribution is 2.34. The average molecular weight is 359 g/mol. The van der Waals surface area contributed by atoms with Crippen LogP contribution >= 0.6 is 0 Å². The van der Waals surface area contributed by atoms with Crippen LogP contribution in [0.15, 0.2) is 48.5 Å². The van der Waals surface area contributed by atoms with Crippen molar-refractivity contribution < 1.29 is 13.5 Å². The minimum atomic E-state index is -3.38. The van der Waals surface area contributed by atoms with Gasteiger partial charge in [0.05, 0.1) is 17.6 Å². The Kier molecular flexibility index (Phi) is 5.06. The minimum Gasteiger partial charge on any atom is -0.396 e. The molecule has 3 rings (SSSR count). The lowest BCUT2D eigenvalue weighted by molar-refractivity contribution is 0.282. The number of benzene rings is 2. The summed E-state index contributed by atoms with van der Waals surface area (Å²) >= 11 is 0. The molecular weight excluding hydrogens is 338 g/mol. The SMILES string of the molecule is CS(=O)(=O)Nc1cccc2c(C(CCCO)c3ccccc3)[nH]nc12. The van der Waals surface area contributed by atoms with Crippen LogP contribution in [0.5, 0.6) is 0 Å². The largest absolute Gasteiger partial charge is 0.396 e. The molecule has 0 saturated heterocycles. The molecule has 0 radical (unpaired) electrons. The summed E-state index contributed by atoms with van der Waals surface area (Å²) < 4.78 is 25.7. The molecular formula is C18H21N3O3S. The van der Waals surface area contributed by atoms with Gasteiger partial charge in [-0.05, 0) is 24.5 Å². The van der Waals surface area contributed by atoms with Crippen LogP contribution in [0.1, 0.15) is 30.0 Å². The van der Waals surface area contributed by atoms with E-state index in [2.05, 4.69) is 14.9 Å². The smallest absolute Gasteiger partial charge is 0.229 e. The molecule has 0 bridgehead atoms. The van der Waals surface area contributed by atoms with Crippen molar-refractivity contribution in [3.63, 3.8) is 0 Å². The van der Waals surface area contributed by atoms with Crippen LogP contribution in [0.3, 0.4) is 0 Å². The molecule has 132 valence electrons. The lowest BCUT2D eigenvalue weighted by Crippen LogP contribution is -2.09. The normalized spacial score (nSPS) is 13.0. The van der Waals surface area contributed by atoms with E-state index in [4.69, 9.17) is 0 Å². The predicted molar refractivity (Wildman–Crippen MR) is 99.2 cm³/mol. The van der Waals surface area contributed by atoms with E-state index in [0.29, 0.717) is 17.6 Å². The number of sulfonamides is 1. The zero-order valence-corrected chi connectivity index (χ0v) is 14.8. The molecule has 0 spiro atoms. The molecule has 7 heteroatoms. The Hall–Kier alpha value is -2.38. The van der Waals surface area contributed by atoms with E-state index in [-0.39, 0.29) is 12.5 Å². The number of aromatic amines is 1. The number of fused-ring (bicyclic) bond motifs is 1. The molecule has 0 aliphatic heterocycles. The zero-order chi connectivity index (χ0) is 17.9. The van der Waals surface area contributed by atoms with Gasteiger partial charge in [0.2, 0.25) is 10.0 Å². The standard InChI is InChI=1S/C18H21N3O3S/c1-25(23,24)21-16-11-5-9-15-17(19-20-18(15)16)14(10-6-12-22)13-7-3-2-4-8-13/h2-5,7-9,11,14,21-22H,6,10,12H2,1H3,(H,19,20). The van der Waals surface area contributed by atoms with Crippen LogP contribution in [0, 0.1) is 0 Å². The number of hydrogen-bond acceptors (Lipinski definition) is 4. The van der Waals surface area contributed by atoms with Crippen molar-refractivity contribution in [3.05, 3.63) is 59.8 Å². The van der Waals surface area contributed by atoms with E-state index < -0.39 is 10.0 Å². The topological polar surface area (TPSA) is 95.1 Å². The second-order valence-corrected chi connectivity index (χ2v) is 7.79. The molecule has 2 aromatic carbocycles. The summed E-state index contributed by atoms with van der Waals surface area (Å²) in [6.07, 6.45) is 2.55. The third kappa shape index (κ3) is 4.00. The molecule has 0 aliphatic rings. The molecule has 6 nitrogen and oxygen atoms in total. The monoisotopic (exact) mass is 359 g/mol. The van der Waals surface area contributed by atoms with Gasteiger partial charge < -0.3 is 5.11 Å². The molecule has 0 fully saturated rings. The highest BCUT2D eigenvalue weighted by molar-refractivity contribution is 7.92. The van der Waals surface area contributed by atoms with Gasteiger partial charge in [0.25, 0.3) is 0 Å². The third-order valence-corrected chi connectivity index (χ3v) is 4.70. The Bertz CT molecular complexity index is 952. The first kappa shape index (κ1) is 17.4. The number of anilines is 1. The molecule has 3 N–H and O–H groups in total. The predicted octanol–water partition coefficient (Wildman–Crippen LogP) is 2.84. The number of aromatic nitrogens is 2. The first-order valence-corrected chi connectivity index (χ1v) is 9.99. The van der Waals surface area contributed by atoms with Gasteiger partial charge in [-0.15, -0.1) is 0 Å². The van der Waals surface area contributed by atoms with E-state index in [1.54, 1.807) is 6.07 Å². The van der Waals surface area contributed by atoms with Gasteiger partial charge in [0.15, 0.2) is 0 Å². The lowest BCUT2D eigenvalue weighted by atomic mass is 9.89. The molecule has 0 saturated carbocycles. The minimum absolute atomic E-state index is 0.0480. The summed E-state index contributed by atoms with van der Waals surface area (Å²) in [5.41, 5.74) is 3.10. The quantitative estimate of drug-likeness (QED) is 0.604. The van der Waals surface area contributed by atoms with E-state index in [9.17, 15) is 13.5 Å². The molecule has 1 unspecified atom stereocenters. The van der Waals surface area contributed by atoms with E-state index in [0.717, 1.165) is 29.3 Å². The number of aliphatic hydroxyl groups excluding tert-OH is 1. The average Bonchev–Trinajstić information content (AvgIpc) is 3.00. The Morgan fingerprint density at radius 3 is 2.60 bits per heavy atom. The maximum absolute atomic E-state index is 11.6. The fourth-order valence-electron chi connectivity index (χ4n) is 3.06. The second kappa shape index (κ2) is 7.25. The van der Waals surface area contributed by atoms with Gasteiger partial charge in [-0.1, -0.05) is 42.5 Å². The van der Waals surface area contributed by atoms with Gasteiger partial charge in [0.1, 0.15) is 5.52 Å². The van der Waals surface area contributed by atoms with Crippen LogP contribution in [0.25, 0.3) is 10.9 Å². The Balaban J connectivity index is 2.08. The van der Waals surface area contributed by atoms with Crippen molar-refractivity contribution in [1.82, 2.24) is 10.2 Å². The number of nitrogens with one attached hydrogen (secondary N) is 2. The Labute approximate surface area is 146 Å². The van der Waals surface area contributed by atoms with Crippen LogP contribution < -0.4 is 4.72 Å². The molecule has 1 heterocycles. The van der Waals surface area contributed by atoms with Gasteiger partial charge in [-0.3, -0.25) is 9.82 Å². The van der Waals surface area contributed by atoms with E-state index in [1.807, 2.05) is 42.5 Å². The maximum atomic E-state index is 11.6. The van der Waals surface area contributed by atoms with Gasteiger partial charge in [0, 0.05) is 17.9 Å². The molecule has 0 amide bonds. The fourth-order valence-corrected chi connectivity index (χ4v) is 3.63. The van der Waals surface area contributed by atoms with Crippen molar-refractivity contribution in [2.24, 2.45) is 0 Å². The van der Waals surface area contributed by atoms with E-state index in [1.165, 1.54) is 0 Å². The number of para-hydroxylation sites is 1. The Morgan fingerprint density at radius 1 is 1.16 bits per heavy atom. The summed E-state index contributed by atoms with van der Waals surface area (Å²) in [6.45, 7) is 0.121. The number of nitrogens with zero attached hydrogens (tertiary/aromatic N) is 1. The van der Waals surface area contributed by atoms with Gasteiger partial charge in [-0.2, -0.15) is 5.10 Å². The maximum Gasteiger partial charge on any atom is 0.229 e. The highest BCUT2D eigenvalue weighted by atomic mass is 32.2. The Morgan fingerprint density at radius 2 is 1.92 bits per heavy atom.